The van der Waals surface area contributed by atoms with Gasteiger partial charge in [0.05, 0.1) is 6.42 Å². The molecular weight excluding hydrogens is 258 g/mol. The second kappa shape index (κ2) is 7.65. The topological polar surface area (TPSA) is 75.6 Å². The Morgan fingerprint density at radius 3 is 2.65 bits per heavy atom. The molecule has 5 heteroatoms. The van der Waals surface area contributed by atoms with Crippen LogP contribution < -0.4 is 5.32 Å². The minimum atomic E-state index is -1.05. The first-order chi connectivity index (χ1) is 9.43. The van der Waals surface area contributed by atoms with E-state index >= 15 is 0 Å². The smallest absolute Gasteiger partial charge is 0.326 e. The Kier molecular flexibility index (Phi) is 6.18. The number of ether oxygens (including phenoxy) is 1. The number of nitrogens with one attached hydrogen (secondary N) is 1. The van der Waals surface area contributed by atoms with Gasteiger partial charge in [-0.1, -0.05) is 23.8 Å². The molecule has 1 aromatic carbocycles. The van der Waals surface area contributed by atoms with Crippen molar-refractivity contribution in [2.75, 3.05) is 13.7 Å². The molecule has 0 aromatic heterocycles. The first-order valence-corrected chi connectivity index (χ1v) is 6.51. The van der Waals surface area contributed by atoms with E-state index in [-0.39, 0.29) is 18.7 Å². The van der Waals surface area contributed by atoms with Crippen molar-refractivity contribution in [3.8, 4) is 0 Å². The van der Waals surface area contributed by atoms with Gasteiger partial charge < -0.3 is 15.2 Å². The van der Waals surface area contributed by atoms with E-state index in [1.165, 1.54) is 7.11 Å². The highest BCUT2D eigenvalue weighted by Gasteiger charge is 2.19. The fourth-order valence-corrected chi connectivity index (χ4v) is 1.90. The van der Waals surface area contributed by atoms with E-state index < -0.39 is 12.0 Å². The summed E-state index contributed by atoms with van der Waals surface area (Å²) in [6.45, 7) is 4.18. The summed E-state index contributed by atoms with van der Waals surface area (Å²) in [5.41, 5.74) is 3.01. The molecule has 0 radical (unpaired) electrons. The van der Waals surface area contributed by atoms with E-state index in [1.807, 2.05) is 32.0 Å². The molecule has 0 bridgehead atoms. The Bertz CT molecular complexity index is 485. The predicted molar refractivity (Wildman–Crippen MR) is 75.7 cm³/mol. The summed E-state index contributed by atoms with van der Waals surface area (Å²) in [5.74, 6) is -1.33. The number of aryl methyl sites for hydroxylation is 2. The molecule has 5 nitrogen and oxygen atoms in total. The molecule has 0 aliphatic rings. The number of methoxy groups -OCH3 is 1. The first-order valence-electron chi connectivity index (χ1n) is 6.51. The monoisotopic (exact) mass is 279 g/mol. The predicted octanol–water partition coefficient (Wildman–Crippen LogP) is 1.45. The zero-order valence-corrected chi connectivity index (χ0v) is 12.1. The minimum Gasteiger partial charge on any atom is -0.480 e. The number of hydrogen-bond acceptors (Lipinski definition) is 3. The van der Waals surface area contributed by atoms with Gasteiger partial charge in [-0.25, -0.2) is 4.79 Å². The van der Waals surface area contributed by atoms with E-state index in [2.05, 4.69) is 5.32 Å². The third-order valence-corrected chi connectivity index (χ3v) is 3.10. The summed E-state index contributed by atoms with van der Waals surface area (Å²) >= 11 is 0. The van der Waals surface area contributed by atoms with Crippen molar-refractivity contribution in [3.05, 3.63) is 34.9 Å². The Hall–Kier alpha value is -1.88. The van der Waals surface area contributed by atoms with Crippen molar-refractivity contribution >= 4 is 11.9 Å². The van der Waals surface area contributed by atoms with Gasteiger partial charge in [-0.15, -0.1) is 0 Å². The van der Waals surface area contributed by atoms with Gasteiger partial charge in [0.2, 0.25) is 5.91 Å². The average Bonchev–Trinajstić information content (AvgIpc) is 2.38. The number of amides is 1. The van der Waals surface area contributed by atoms with Crippen molar-refractivity contribution in [1.29, 1.82) is 0 Å². The highest BCUT2D eigenvalue weighted by atomic mass is 16.5. The lowest BCUT2D eigenvalue weighted by atomic mass is 10.0. The van der Waals surface area contributed by atoms with Crippen LogP contribution in [0.5, 0.6) is 0 Å². The number of carboxylic acid groups (broad SMARTS) is 1. The standard InChI is InChI=1S/C15H21NO4/c1-10-4-5-11(2)12(8-10)9-14(17)16-13(15(18)19)6-7-20-3/h4-5,8,13H,6-7,9H2,1-3H3,(H,16,17)(H,18,19). The van der Waals surface area contributed by atoms with Gasteiger partial charge in [-0.05, 0) is 25.0 Å². The van der Waals surface area contributed by atoms with Crippen LogP contribution in [0.25, 0.3) is 0 Å². The quantitative estimate of drug-likeness (QED) is 0.792. The van der Waals surface area contributed by atoms with Crippen molar-refractivity contribution in [1.82, 2.24) is 5.32 Å². The van der Waals surface area contributed by atoms with Gasteiger partial charge in [0.1, 0.15) is 6.04 Å². The molecular formula is C15H21NO4. The third-order valence-electron chi connectivity index (χ3n) is 3.10. The van der Waals surface area contributed by atoms with Gasteiger partial charge in [-0.3, -0.25) is 4.79 Å². The van der Waals surface area contributed by atoms with Crippen LogP contribution in [0.3, 0.4) is 0 Å². The molecule has 0 aliphatic heterocycles. The molecule has 0 fully saturated rings. The summed E-state index contributed by atoms with van der Waals surface area (Å²) in [4.78, 5) is 23.0. The van der Waals surface area contributed by atoms with Crippen LogP contribution in [0.15, 0.2) is 18.2 Å². The molecule has 0 heterocycles. The lowest BCUT2D eigenvalue weighted by molar-refractivity contribution is -0.142. The first kappa shape index (κ1) is 16.2. The van der Waals surface area contributed by atoms with Crippen LogP contribution >= 0.6 is 0 Å². The number of carbonyl (C=O) groups excluding carboxylic acids is 1. The SMILES string of the molecule is COCCC(NC(=O)Cc1cc(C)ccc1C)C(=O)O. The molecule has 1 amide bonds. The normalized spacial score (nSPS) is 11.9. The van der Waals surface area contributed by atoms with E-state index in [4.69, 9.17) is 9.84 Å². The maximum absolute atomic E-state index is 11.9. The second-order valence-corrected chi connectivity index (χ2v) is 4.85. The molecule has 2 N–H and O–H groups in total. The van der Waals surface area contributed by atoms with Crippen LogP contribution in [-0.4, -0.2) is 36.7 Å². The molecule has 1 aromatic rings. The summed E-state index contributed by atoms with van der Waals surface area (Å²) in [6.07, 6.45) is 0.439. The summed E-state index contributed by atoms with van der Waals surface area (Å²) in [5, 5.41) is 11.6. The average molecular weight is 279 g/mol. The number of rotatable bonds is 7. The summed E-state index contributed by atoms with van der Waals surface area (Å²) < 4.78 is 4.84. The maximum Gasteiger partial charge on any atom is 0.326 e. The fraction of sp³-hybridized carbons (Fsp3) is 0.467. The Morgan fingerprint density at radius 1 is 1.35 bits per heavy atom. The molecule has 20 heavy (non-hydrogen) atoms. The van der Waals surface area contributed by atoms with E-state index in [0.29, 0.717) is 6.61 Å². The molecule has 0 saturated heterocycles. The van der Waals surface area contributed by atoms with E-state index in [1.54, 1.807) is 0 Å². The van der Waals surface area contributed by atoms with Crippen LogP contribution in [0.4, 0.5) is 0 Å². The molecule has 0 spiro atoms. The number of carboxylic acids is 1. The second-order valence-electron chi connectivity index (χ2n) is 4.85. The number of hydrogen-bond donors (Lipinski definition) is 2. The molecule has 1 rings (SSSR count). The fourth-order valence-electron chi connectivity index (χ4n) is 1.90. The van der Waals surface area contributed by atoms with Gasteiger partial charge in [-0.2, -0.15) is 0 Å². The van der Waals surface area contributed by atoms with Crippen molar-refractivity contribution in [2.24, 2.45) is 0 Å². The zero-order chi connectivity index (χ0) is 15.1. The van der Waals surface area contributed by atoms with Crippen LogP contribution in [0.1, 0.15) is 23.1 Å². The van der Waals surface area contributed by atoms with Gasteiger partial charge >= 0.3 is 5.97 Å². The highest BCUT2D eigenvalue weighted by Crippen LogP contribution is 2.11. The largest absolute Gasteiger partial charge is 0.480 e. The number of benzene rings is 1. The highest BCUT2D eigenvalue weighted by molar-refractivity contribution is 5.85. The van der Waals surface area contributed by atoms with Crippen LogP contribution in [0, 0.1) is 13.8 Å². The summed E-state index contributed by atoms with van der Waals surface area (Å²) in [6, 6.07) is 4.97. The number of carbonyl (C=O) groups is 2. The Balaban J connectivity index is 2.65. The molecule has 1 unspecified atom stereocenters. The molecule has 1 atom stereocenters. The van der Waals surface area contributed by atoms with Gasteiger partial charge in [0.25, 0.3) is 0 Å². The number of aliphatic carboxylic acids is 1. The minimum absolute atomic E-state index is 0.185. The zero-order valence-electron chi connectivity index (χ0n) is 12.1. The van der Waals surface area contributed by atoms with Crippen molar-refractivity contribution in [3.63, 3.8) is 0 Å². The van der Waals surface area contributed by atoms with Crippen molar-refractivity contribution < 1.29 is 19.4 Å². The van der Waals surface area contributed by atoms with Gasteiger partial charge in [0, 0.05) is 20.1 Å². The van der Waals surface area contributed by atoms with Crippen LogP contribution in [0.2, 0.25) is 0 Å². The maximum atomic E-state index is 11.9. The molecule has 0 aliphatic carbocycles. The van der Waals surface area contributed by atoms with Crippen molar-refractivity contribution in [2.45, 2.75) is 32.7 Å². The van der Waals surface area contributed by atoms with Crippen LogP contribution in [-0.2, 0) is 20.7 Å². The lowest BCUT2D eigenvalue weighted by Gasteiger charge is -2.14. The van der Waals surface area contributed by atoms with E-state index in [0.717, 1.165) is 16.7 Å². The Labute approximate surface area is 118 Å². The lowest BCUT2D eigenvalue weighted by Crippen LogP contribution is -2.42. The molecule has 0 saturated carbocycles. The van der Waals surface area contributed by atoms with Gasteiger partial charge in [0.15, 0.2) is 0 Å². The molecule has 110 valence electrons. The van der Waals surface area contributed by atoms with E-state index in [9.17, 15) is 9.59 Å². The third kappa shape index (κ3) is 5.01. The Morgan fingerprint density at radius 2 is 2.05 bits per heavy atom. The summed E-state index contributed by atoms with van der Waals surface area (Å²) in [7, 11) is 1.50.